The SMILES string of the molecule is Cc1cc(OCCOc2cccc(CN)c2)ccc1C(C)C. The molecule has 0 aliphatic carbocycles. The van der Waals surface area contributed by atoms with Gasteiger partial charge in [0.05, 0.1) is 0 Å². The van der Waals surface area contributed by atoms with Crippen LogP contribution in [0, 0.1) is 6.92 Å². The zero-order chi connectivity index (χ0) is 15.9. The highest BCUT2D eigenvalue weighted by Gasteiger charge is 2.04. The summed E-state index contributed by atoms with van der Waals surface area (Å²) in [5, 5.41) is 0. The van der Waals surface area contributed by atoms with Gasteiger partial charge in [-0.3, -0.25) is 0 Å². The van der Waals surface area contributed by atoms with Crippen molar-refractivity contribution in [3.8, 4) is 11.5 Å². The minimum absolute atomic E-state index is 0.513. The molecule has 2 aromatic carbocycles. The fraction of sp³-hybridized carbons (Fsp3) is 0.368. The Balaban J connectivity index is 1.82. The van der Waals surface area contributed by atoms with Gasteiger partial charge >= 0.3 is 0 Å². The van der Waals surface area contributed by atoms with E-state index in [9.17, 15) is 0 Å². The first kappa shape index (κ1) is 16.4. The Morgan fingerprint density at radius 1 is 0.955 bits per heavy atom. The summed E-state index contributed by atoms with van der Waals surface area (Å²) >= 11 is 0. The zero-order valence-electron chi connectivity index (χ0n) is 13.6. The number of hydrogen-bond acceptors (Lipinski definition) is 3. The fourth-order valence-corrected chi connectivity index (χ4v) is 2.47. The third-order valence-electron chi connectivity index (χ3n) is 3.62. The van der Waals surface area contributed by atoms with Crippen molar-refractivity contribution in [1.82, 2.24) is 0 Å². The Hall–Kier alpha value is -2.00. The van der Waals surface area contributed by atoms with E-state index in [0.29, 0.717) is 25.7 Å². The molecule has 0 aromatic heterocycles. The van der Waals surface area contributed by atoms with Crippen LogP contribution >= 0.6 is 0 Å². The van der Waals surface area contributed by atoms with Gasteiger partial charge in [-0.2, -0.15) is 0 Å². The van der Waals surface area contributed by atoms with Crippen LogP contribution in [0.4, 0.5) is 0 Å². The van der Waals surface area contributed by atoms with Gasteiger partial charge in [0.2, 0.25) is 0 Å². The molecule has 0 heterocycles. The van der Waals surface area contributed by atoms with Crippen molar-refractivity contribution in [1.29, 1.82) is 0 Å². The number of ether oxygens (including phenoxy) is 2. The van der Waals surface area contributed by atoms with E-state index < -0.39 is 0 Å². The molecule has 0 radical (unpaired) electrons. The Labute approximate surface area is 133 Å². The molecule has 0 saturated heterocycles. The summed E-state index contributed by atoms with van der Waals surface area (Å²) in [7, 11) is 0. The van der Waals surface area contributed by atoms with Gasteiger partial charge in [-0.1, -0.05) is 32.0 Å². The average Bonchev–Trinajstić information content (AvgIpc) is 2.51. The van der Waals surface area contributed by atoms with Gasteiger partial charge in [0.25, 0.3) is 0 Å². The molecule has 0 spiro atoms. The third kappa shape index (κ3) is 4.50. The molecule has 0 aliphatic rings. The molecule has 0 saturated carbocycles. The van der Waals surface area contributed by atoms with Gasteiger partial charge < -0.3 is 15.2 Å². The molecule has 2 N–H and O–H groups in total. The molecule has 0 atom stereocenters. The number of hydrogen-bond donors (Lipinski definition) is 1. The lowest BCUT2D eigenvalue weighted by Crippen LogP contribution is -2.09. The van der Waals surface area contributed by atoms with Crippen LogP contribution in [0.3, 0.4) is 0 Å². The Morgan fingerprint density at radius 2 is 1.64 bits per heavy atom. The van der Waals surface area contributed by atoms with Crippen molar-refractivity contribution in [2.45, 2.75) is 33.2 Å². The Morgan fingerprint density at radius 3 is 2.23 bits per heavy atom. The molecule has 3 nitrogen and oxygen atoms in total. The summed E-state index contributed by atoms with van der Waals surface area (Å²) in [4.78, 5) is 0. The van der Waals surface area contributed by atoms with Gasteiger partial charge in [-0.25, -0.2) is 0 Å². The lowest BCUT2D eigenvalue weighted by Gasteiger charge is -2.13. The lowest BCUT2D eigenvalue weighted by atomic mass is 9.98. The number of aryl methyl sites for hydroxylation is 1. The molecule has 118 valence electrons. The van der Waals surface area contributed by atoms with Crippen LogP contribution in [0.25, 0.3) is 0 Å². The van der Waals surface area contributed by atoms with Crippen molar-refractivity contribution in [3.05, 3.63) is 59.2 Å². The molecule has 0 amide bonds. The van der Waals surface area contributed by atoms with Gasteiger partial charge in [0.15, 0.2) is 0 Å². The van der Waals surface area contributed by atoms with E-state index in [-0.39, 0.29) is 0 Å². The van der Waals surface area contributed by atoms with Gasteiger partial charge in [-0.15, -0.1) is 0 Å². The highest BCUT2D eigenvalue weighted by atomic mass is 16.5. The molecule has 0 unspecified atom stereocenters. The van der Waals surface area contributed by atoms with Crippen LogP contribution in [0.15, 0.2) is 42.5 Å². The first-order valence-corrected chi connectivity index (χ1v) is 7.75. The molecule has 0 fully saturated rings. The monoisotopic (exact) mass is 299 g/mol. The van der Waals surface area contributed by atoms with E-state index >= 15 is 0 Å². The highest BCUT2D eigenvalue weighted by Crippen LogP contribution is 2.23. The van der Waals surface area contributed by atoms with E-state index in [2.05, 4.69) is 32.9 Å². The second kappa shape index (κ2) is 7.85. The van der Waals surface area contributed by atoms with E-state index in [1.54, 1.807) is 0 Å². The molecular formula is C19H25NO2. The second-order valence-corrected chi connectivity index (χ2v) is 5.72. The minimum atomic E-state index is 0.513. The van der Waals surface area contributed by atoms with Crippen LogP contribution in [0.5, 0.6) is 11.5 Å². The summed E-state index contributed by atoms with van der Waals surface area (Å²) in [6, 6.07) is 14.1. The normalized spacial score (nSPS) is 10.8. The Bertz CT molecular complexity index is 608. The smallest absolute Gasteiger partial charge is 0.122 e. The van der Waals surface area contributed by atoms with Gasteiger partial charge in [-0.05, 0) is 53.8 Å². The van der Waals surface area contributed by atoms with E-state index in [0.717, 1.165) is 17.1 Å². The second-order valence-electron chi connectivity index (χ2n) is 5.72. The summed E-state index contributed by atoms with van der Waals surface area (Å²) < 4.78 is 11.4. The van der Waals surface area contributed by atoms with Crippen molar-refractivity contribution in [3.63, 3.8) is 0 Å². The zero-order valence-corrected chi connectivity index (χ0v) is 13.6. The predicted molar refractivity (Wildman–Crippen MR) is 90.6 cm³/mol. The van der Waals surface area contributed by atoms with Crippen molar-refractivity contribution < 1.29 is 9.47 Å². The van der Waals surface area contributed by atoms with Crippen LogP contribution in [-0.4, -0.2) is 13.2 Å². The quantitative estimate of drug-likeness (QED) is 0.785. The largest absolute Gasteiger partial charge is 0.490 e. The third-order valence-corrected chi connectivity index (χ3v) is 3.62. The fourth-order valence-electron chi connectivity index (χ4n) is 2.47. The average molecular weight is 299 g/mol. The molecule has 22 heavy (non-hydrogen) atoms. The summed E-state index contributed by atoms with van der Waals surface area (Å²) in [6.07, 6.45) is 0. The molecule has 0 aliphatic heterocycles. The van der Waals surface area contributed by atoms with Crippen LogP contribution in [-0.2, 0) is 6.54 Å². The van der Waals surface area contributed by atoms with Crippen molar-refractivity contribution >= 4 is 0 Å². The summed E-state index contributed by atoms with van der Waals surface area (Å²) in [6.45, 7) is 8.08. The van der Waals surface area contributed by atoms with E-state index in [4.69, 9.17) is 15.2 Å². The van der Waals surface area contributed by atoms with Gasteiger partial charge in [0, 0.05) is 6.54 Å². The van der Waals surface area contributed by atoms with Crippen LogP contribution in [0.2, 0.25) is 0 Å². The first-order chi connectivity index (χ1) is 10.6. The maximum absolute atomic E-state index is 5.75. The summed E-state index contributed by atoms with van der Waals surface area (Å²) in [5.41, 5.74) is 9.32. The van der Waals surface area contributed by atoms with Crippen molar-refractivity contribution in [2.75, 3.05) is 13.2 Å². The molecule has 3 heteroatoms. The van der Waals surface area contributed by atoms with Crippen molar-refractivity contribution in [2.24, 2.45) is 5.73 Å². The number of nitrogens with two attached hydrogens (primary N) is 1. The predicted octanol–water partition coefficient (Wildman–Crippen LogP) is 4.03. The maximum Gasteiger partial charge on any atom is 0.122 e. The molecule has 2 rings (SSSR count). The minimum Gasteiger partial charge on any atom is -0.490 e. The van der Waals surface area contributed by atoms with E-state index in [1.807, 2.05) is 30.3 Å². The number of rotatable bonds is 7. The molecular weight excluding hydrogens is 274 g/mol. The summed E-state index contributed by atoms with van der Waals surface area (Å²) in [5.74, 6) is 2.26. The molecule has 0 bridgehead atoms. The lowest BCUT2D eigenvalue weighted by molar-refractivity contribution is 0.217. The van der Waals surface area contributed by atoms with E-state index in [1.165, 1.54) is 11.1 Å². The number of benzene rings is 2. The standard InChI is InChI=1S/C19H25NO2/c1-14(2)19-8-7-18(11-15(19)3)22-10-9-21-17-6-4-5-16(12-17)13-20/h4-8,11-12,14H,9-10,13,20H2,1-3H3. The molecule has 2 aromatic rings. The maximum atomic E-state index is 5.75. The first-order valence-electron chi connectivity index (χ1n) is 7.75. The van der Waals surface area contributed by atoms with Gasteiger partial charge in [0.1, 0.15) is 24.7 Å². The Kier molecular flexibility index (Phi) is 5.84. The van der Waals surface area contributed by atoms with Crippen LogP contribution < -0.4 is 15.2 Å². The van der Waals surface area contributed by atoms with Crippen LogP contribution in [0.1, 0.15) is 36.5 Å². The highest BCUT2D eigenvalue weighted by molar-refractivity contribution is 5.36. The topological polar surface area (TPSA) is 44.5 Å².